The molecule has 2 amide bonds. The first kappa shape index (κ1) is 18.6. The molecule has 2 aliphatic heterocycles. The number of methoxy groups -OCH3 is 1. The zero-order valence-electron chi connectivity index (χ0n) is 15.4. The Morgan fingerprint density at radius 3 is 2.54 bits per heavy atom. The summed E-state index contributed by atoms with van der Waals surface area (Å²) in [7, 11) is 1.59. The second-order valence-corrected chi connectivity index (χ2v) is 7.34. The van der Waals surface area contributed by atoms with Gasteiger partial charge in [-0.3, -0.25) is 9.59 Å². The maximum absolute atomic E-state index is 12.7. The summed E-state index contributed by atoms with van der Waals surface area (Å²) >= 11 is 5.81. The highest BCUT2D eigenvalue weighted by molar-refractivity contribution is 6.30. The Morgan fingerprint density at radius 2 is 1.89 bits per heavy atom. The van der Waals surface area contributed by atoms with Gasteiger partial charge in [-0.05, 0) is 30.3 Å². The number of rotatable bonds is 5. The number of pyridine rings is 1. The molecule has 0 N–H and O–H groups in total. The topological polar surface area (TPSA) is 72.0 Å². The number of carbonyl (C=O) groups excluding carboxylic acids is 2. The van der Waals surface area contributed by atoms with Crippen molar-refractivity contribution >= 4 is 29.1 Å². The van der Waals surface area contributed by atoms with E-state index in [-0.39, 0.29) is 30.3 Å². The minimum Gasteiger partial charge on any atom is -0.497 e. The highest BCUT2D eigenvalue weighted by atomic mass is 35.5. The average Bonchev–Trinajstić information content (AvgIpc) is 3.07. The number of benzene rings is 1. The van der Waals surface area contributed by atoms with Crippen molar-refractivity contribution in [3.05, 3.63) is 47.6 Å². The summed E-state index contributed by atoms with van der Waals surface area (Å²) in [5, 5.41) is 0.546. The lowest BCUT2D eigenvalue weighted by atomic mass is 10.0. The van der Waals surface area contributed by atoms with E-state index in [4.69, 9.17) is 21.1 Å². The van der Waals surface area contributed by atoms with Gasteiger partial charge in [0.25, 0.3) is 0 Å². The van der Waals surface area contributed by atoms with Crippen LogP contribution in [-0.2, 0) is 9.59 Å². The molecule has 0 spiro atoms. The molecule has 0 bridgehead atoms. The molecule has 0 aliphatic carbocycles. The highest BCUT2D eigenvalue weighted by Gasteiger charge is 2.41. The summed E-state index contributed by atoms with van der Waals surface area (Å²) in [6.45, 7) is 1.39. The molecule has 1 aromatic carbocycles. The van der Waals surface area contributed by atoms with E-state index in [1.165, 1.54) is 6.20 Å². The third-order valence-corrected chi connectivity index (χ3v) is 5.23. The first-order valence-corrected chi connectivity index (χ1v) is 9.42. The molecule has 7 nitrogen and oxygen atoms in total. The van der Waals surface area contributed by atoms with Crippen molar-refractivity contribution in [2.75, 3.05) is 31.6 Å². The van der Waals surface area contributed by atoms with Crippen LogP contribution in [0.25, 0.3) is 0 Å². The number of hydrogen-bond donors (Lipinski definition) is 0. The van der Waals surface area contributed by atoms with Gasteiger partial charge < -0.3 is 19.3 Å². The number of hydrogen-bond acceptors (Lipinski definition) is 5. The zero-order chi connectivity index (χ0) is 19.7. The van der Waals surface area contributed by atoms with Gasteiger partial charge in [0.2, 0.25) is 17.7 Å². The third-order valence-electron chi connectivity index (χ3n) is 5.01. The van der Waals surface area contributed by atoms with Gasteiger partial charge in [0.15, 0.2) is 0 Å². The normalized spacial score (nSPS) is 19.5. The van der Waals surface area contributed by atoms with E-state index in [1.807, 2.05) is 12.1 Å². The molecule has 1 aromatic heterocycles. The van der Waals surface area contributed by atoms with Crippen molar-refractivity contribution in [2.24, 2.45) is 5.92 Å². The predicted octanol–water partition coefficient (Wildman–Crippen LogP) is 2.39. The van der Waals surface area contributed by atoms with Gasteiger partial charge in [-0.15, -0.1) is 0 Å². The van der Waals surface area contributed by atoms with E-state index in [1.54, 1.807) is 41.2 Å². The van der Waals surface area contributed by atoms with Crippen LogP contribution in [0.2, 0.25) is 5.02 Å². The largest absolute Gasteiger partial charge is 0.497 e. The number of carbonyl (C=O) groups is 2. The van der Waals surface area contributed by atoms with Gasteiger partial charge in [-0.25, -0.2) is 4.98 Å². The van der Waals surface area contributed by atoms with Crippen molar-refractivity contribution < 1.29 is 19.1 Å². The summed E-state index contributed by atoms with van der Waals surface area (Å²) in [5.74, 6) is 0.840. The molecule has 2 fully saturated rings. The van der Waals surface area contributed by atoms with Gasteiger partial charge in [0, 0.05) is 30.9 Å². The lowest BCUT2D eigenvalue weighted by molar-refractivity contribution is -0.144. The molecule has 4 rings (SSSR count). The fraction of sp³-hybridized carbons (Fsp3) is 0.350. The number of likely N-dealkylation sites (tertiary alicyclic amines) is 1. The Kier molecular flexibility index (Phi) is 5.09. The summed E-state index contributed by atoms with van der Waals surface area (Å²) in [6.07, 6.45) is 1.66. The van der Waals surface area contributed by atoms with Crippen molar-refractivity contribution in [2.45, 2.75) is 12.5 Å². The molecule has 146 valence electrons. The third kappa shape index (κ3) is 3.75. The summed E-state index contributed by atoms with van der Waals surface area (Å²) in [6, 6.07) is 10.7. The van der Waals surface area contributed by atoms with Crippen LogP contribution < -0.4 is 14.4 Å². The average molecular weight is 402 g/mol. The zero-order valence-corrected chi connectivity index (χ0v) is 16.1. The molecular weight excluding hydrogens is 382 g/mol. The van der Waals surface area contributed by atoms with E-state index < -0.39 is 0 Å². The van der Waals surface area contributed by atoms with Crippen molar-refractivity contribution in [1.82, 2.24) is 9.88 Å². The van der Waals surface area contributed by atoms with Gasteiger partial charge in [0.05, 0.1) is 31.1 Å². The van der Waals surface area contributed by atoms with Crippen LogP contribution in [0.5, 0.6) is 11.6 Å². The predicted molar refractivity (Wildman–Crippen MR) is 104 cm³/mol. The molecule has 3 heterocycles. The lowest BCUT2D eigenvalue weighted by Crippen LogP contribution is -2.57. The number of aromatic nitrogens is 1. The van der Waals surface area contributed by atoms with Crippen molar-refractivity contribution in [1.29, 1.82) is 0 Å². The van der Waals surface area contributed by atoms with Crippen LogP contribution in [0.15, 0.2) is 42.6 Å². The van der Waals surface area contributed by atoms with Gasteiger partial charge in [-0.1, -0.05) is 11.6 Å². The molecule has 2 saturated heterocycles. The summed E-state index contributed by atoms with van der Waals surface area (Å²) in [5.41, 5.74) is 0.778. The number of anilines is 1. The Hall–Kier alpha value is -2.80. The fourth-order valence-electron chi connectivity index (χ4n) is 3.44. The molecule has 2 aliphatic rings. The number of halogens is 1. The van der Waals surface area contributed by atoms with Gasteiger partial charge in [0.1, 0.15) is 11.9 Å². The standard InChI is InChI=1S/C20H20ClN3O4/c1-27-16-5-3-15(4-6-16)24-10-13(8-19(24)25)20(26)23-11-17(12-23)28-18-7-2-14(21)9-22-18/h2-7,9,13,17H,8,10-12H2,1H3. The Balaban J connectivity index is 1.31. The molecule has 0 radical (unpaired) electrons. The van der Waals surface area contributed by atoms with Gasteiger partial charge in [-0.2, -0.15) is 0 Å². The minimum atomic E-state index is -0.329. The summed E-state index contributed by atoms with van der Waals surface area (Å²) < 4.78 is 10.9. The molecular formula is C20H20ClN3O4. The van der Waals surface area contributed by atoms with E-state index in [2.05, 4.69) is 4.98 Å². The maximum atomic E-state index is 12.7. The Bertz CT molecular complexity index is 866. The Morgan fingerprint density at radius 1 is 1.14 bits per heavy atom. The van der Waals surface area contributed by atoms with E-state index in [0.29, 0.717) is 30.5 Å². The number of nitrogens with zero attached hydrogens (tertiary/aromatic N) is 3. The first-order valence-electron chi connectivity index (χ1n) is 9.05. The van der Waals surface area contributed by atoms with Crippen LogP contribution in [0.1, 0.15) is 6.42 Å². The van der Waals surface area contributed by atoms with Crippen LogP contribution in [0.3, 0.4) is 0 Å². The highest BCUT2D eigenvalue weighted by Crippen LogP contribution is 2.29. The second-order valence-electron chi connectivity index (χ2n) is 6.90. The van der Waals surface area contributed by atoms with Crippen LogP contribution in [-0.4, -0.2) is 54.5 Å². The minimum absolute atomic E-state index is 0.00623. The number of amides is 2. The lowest BCUT2D eigenvalue weighted by Gasteiger charge is -2.39. The second kappa shape index (κ2) is 7.67. The van der Waals surface area contributed by atoms with Gasteiger partial charge >= 0.3 is 0 Å². The molecule has 8 heteroatoms. The van der Waals surface area contributed by atoms with E-state index >= 15 is 0 Å². The van der Waals surface area contributed by atoms with Crippen LogP contribution >= 0.6 is 11.6 Å². The quantitative estimate of drug-likeness (QED) is 0.769. The van der Waals surface area contributed by atoms with Crippen molar-refractivity contribution in [3.8, 4) is 11.6 Å². The van der Waals surface area contributed by atoms with Crippen LogP contribution in [0.4, 0.5) is 5.69 Å². The monoisotopic (exact) mass is 401 g/mol. The summed E-state index contributed by atoms with van der Waals surface area (Å²) in [4.78, 5) is 32.6. The molecule has 0 saturated carbocycles. The maximum Gasteiger partial charge on any atom is 0.228 e. The van der Waals surface area contributed by atoms with Crippen LogP contribution in [0, 0.1) is 5.92 Å². The Labute approximate surface area is 167 Å². The first-order chi connectivity index (χ1) is 13.5. The van der Waals surface area contributed by atoms with Crippen molar-refractivity contribution in [3.63, 3.8) is 0 Å². The fourth-order valence-corrected chi connectivity index (χ4v) is 3.55. The molecule has 1 atom stereocenters. The number of ether oxygens (including phenoxy) is 2. The molecule has 1 unspecified atom stereocenters. The smallest absolute Gasteiger partial charge is 0.228 e. The SMILES string of the molecule is COc1ccc(N2CC(C(=O)N3CC(Oc4ccc(Cl)cn4)C3)CC2=O)cc1. The van der Waals surface area contributed by atoms with E-state index in [9.17, 15) is 9.59 Å². The van der Waals surface area contributed by atoms with E-state index in [0.717, 1.165) is 11.4 Å². The molecule has 28 heavy (non-hydrogen) atoms. The molecule has 2 aromatic rings.